The molecule has 0 aliphatic heterocycles. The number of hydrogen-bond acceptors (Lipinski definition) is 7. The molecule has 0 heterocycles. The number of carbonyl (C=O) groups is 2. The molecule has 0 bridgehead atoms. The first-order valence-corrected chi connectivity index (χ1v) is 10.4. The minimum absolute atomic E-state index is 0.175. The smallest absolute Gasteiger partial charge is 0.262 e. The fourth-order valence-corrected chi connectivity index (χ4v) is 3.07. The van der Waals surface area contributed by atoms with Crippen molar-refractivity contribution >= 4 is 23.7 Å². The minimum atomic E-state index is -0.801. The second kappa shape index (κ2) is 11.8. The lowest BCUT2D eigenvalue weighted by Crippen LogP contribution is -2.48. The van der Waals surface area contributed by atoms with Crippen molar-refractivity contribution in [3.8, 4) is 17.2 Å². The molecule has 178 valence electrons. The van der Waals surface area contributed by atoms with Crippen LogP contribution in [0.5, 0.6) is 17.2 Å². The van der Waals surface area contributed by atoms with Gasteiger partial charge in [0.25, 0.3) is 11.8 Å². The van der Waals surface area contributed by atoms with Gasteiger partial charge in [0.1, 0.15) is 6.04 Å². The number of hydrazone groups is 1. The van der Waals surface area contributed by atoms with Gasteiger partial charge in [-0.3, -0.25) is 9.59 Å². The molecule has 0 aromatic heterocycles. The van der Waals surface area contributed by atoms with Crippen molar-refractivity contribution in [3.63, 3.8) is 0 Å². The van der Waals surface area contributed by atoms with Crippen molar-refractivity contribution < 1.29 is 23.8 Å². The number of methoxy groups -OCH3 is 3. The van der Waals surface area contributed by atoms with Gasteiger partial charge in [0.2, 0.25) is 5.75 Å². The van der Waals surface area contributed by atoms with Crippen LogP contribution in [0.2, 0.25) is 0 Å². The highest BCUT2D eigenvalue weighted by Crippen LogP contribution is 2.38. The summed E-state index contributed by atoms with van der Waals surface area (Å²) < 4.78 is 15.9. The first-order chi connectivity index (χ1) is 15.7. The normalized spacial score (nSPS) is 11.8. The Kier molecular flexibility index (Phi) is 9.08. The molecule has 0 aliphatic rings. The molecule has 2 aromatic carbocycles. The van der Waals surface area contributed by atoms with E-state index in [1.54, 1.807) is 6.21 Å². The van der Waals surface area contributed by atoms with Crippen LogP contribution in [0.15, 0.2) is 41.5 Å². The fourth-order valence-electron chi connectivity index (χ4n) is 3.07. The Bertz CT molecular complexity index is 962. The molecule has 1 atom stereocenters. The quantitative estimate of drug-likeness (QED) is 0.421. The maximum absolute atomic E-state index is 12.9. The van der Waals surface area contributed by atoms with E-state index >= 15 is 0 Å². The first kappa shape index (κ1) is 25.5. The third-order valence-corrected chi connectivity index (χ3v) is 4.96. The van der Waals surface area contributed by atoms with Crippen LogP contribution >= 0.6 is 0 Å². The van der Waals surface area contributed by atoms with Gasteiger partial charge in [-0.25, -0.2) is 5.43 Å². The van der Waals surface area contributed by atoms with Gasteiger partial charge in [-0.05, 0) is 35.7 Å². The van der Waals surface area contributed by atoms with Gasteiger partial charge in [0, 0.05) is 25.3 Å². The standard InChI is InChI=1S/C24H32N4O5/c1-15(2)21(24(30)27-25-14-16-8-10-18(11-9-16)28(3)4)26-23(29)17-12-19(31-5)22(33-7)20(13-17)32-6/h8-15,21H,1-7H3,(H,26,29)(H,27,30)/b25-14-/t21-/m1/s1. The van der Waals surface area contributed by atoms with Crippen molar-refractivity contribution in [2.45, 2.75) is 19.9 Å². The summed E-state index contributed by atoms with van der Waals surface area (Å²) in [5.74, 6) is 0.0152. The second-order valence-electron chi connectivity index (χ2n) is 7.83. The number of benzene rings is 2. The molecular formula is C24H32N4O5. The lowest BCUT2D eigenvalue weighted by Gasteiger charge is -2.21. The molecule has 33 heavy (non-hydrogen) atoms. The van der Waals surface area contributed by atoms with Crippen LogP contribution in [-0.2, 0) is 4.79 Å². The molecular weight excluding hydrogens is 424 g/mol. The summed E-state index contributed by atoms with van der Waals surface area (Å²) in [6, 6.07) is 9.97. The number of amides is 2. The lowest BCUT2D eigenvalue weighted by molar-refractivity contribution is -0.123. The van der Waals surface area contributed by atoms with Gasteiger partial charge in [0.15, 0.2) is 11.5 Å². The van der Waals surface area contributed by atoms with E-state index in [-0.39, 0.29) is 11.5 Å². The molecule has 0 spiro atoms. The van der Waals surface area contributed by atoms with Crippen LogP contribution in [0.4, 0.5) is 5.69 Å². The summed E-state index contributed by atoms with van der Waals surface area (Å²) in [4.78, 5) is 27.6. The molecule has 0 radical (unpaired) electrons. The summed E-state index contributed by atoms with van der Waals surface area (Å²) >= 11 is 0. The maximum Gasteiger partial charge on any atom is 0.262 e. The van der Waals surface area contributed by atoms with E-state index in [1.165, 1.54) is 33.5 Å². The average molecular weight is 457 g/mol. The molecule has 0 aliphatic carbocycles. The van der Waals surface area contributed by atoms with E-state index in [0.717, 1.165) is 11.3 Å². The Balaban J connectivity index is 2.11. The molecule has 9 heteroatoms. The van der Waals surface area contributed by atoms with Gasteiger partial charge in [-0.1, -0.05) is 26.0 Å². The number of ether oxygens (including phenoxy) is 3. The Labute approximate surface area is 194 Å². The molecule has 2 N–H and O–H groups in total. The van der Waals surface area contributed by atoms with E-state index < -0.39 is 17.9 Å². The Morgan fingerprint density at radius 2 is 1.55 bits per heavy atom. The number of nitrogens with one attached hydrogen (secondary N) is 2. The second-order valence-corrected chi connectivity index (χ2v) is 7.83. The van der Waals surface area contributed by atoms with E-state index in [4.69, 9.17) is 14.2 Å². The molecule has 0 unspecified atom stereocenters. The topological polar surface area (TPSA) is 101 Å². The van der Waals surface area contributed by atoms with E-state index in [1.807, 2.05) is 57.1 Å². The Morgan fingerprint density at radius 3 is 2.00 bits per heavy atom. The van der Waals surface area contributed by atoms with Crippen LogP contribution in [0.25, 0.3) is 0 Å². The highest BCUT2D eigenvalue weighted by molar-refractivity contribution is 5.98. The molecule has 0 fully saturated rings. The van der Waals surface area contributed by atoms with Crippen LogP contribution in [-0.4, -0.2) is 59.5 Å². The first-order valence-electron chi connectivity index (χ1n) is 10.4. The van der Waals surface area contributed by atoms with E-state index in [0.29, 0.717) is 17.2 Å². The van der Waals surface area contributed by atoms with Gasteiger partial charge in [0.05, 0.1) is 27.5 Å². The number of rotatable bonds is 10. The van der Waals surface area contributed by atoms with Gasteiger partial charge in [-0.15, -0.1) is 0 Å². The fraction of sp³-hybridized carbons (Fsp3) is 0.375. The van der Waals surface area contributed by atoms with Crippen LogP contribution < -0.4 is 29.9 Å². The average Bonchev–Trinajstić information content (AvgIpc) is 2.81. The van der Waals surface area contributed by atoms with Gasteiger partial charge < -0.3 is 24.4 Å². The van der Waals surface area contributed by atoms with Crippen molar-refractivity contribution in [2.24, 2.45) is 11.0 Å². The highest BCUT2D eigenvalue weighted by atomic mass is 16.5. The predicted octanol–water partition coefficient (Wildman–Crippen LogP) is 2.68. The SMILES string of the molecule is COc1cc(C(=O)N[C@@H](C(=O)N/N=C\c2ccc(N(C)C)cc2)C(C)C)cc(OC)c1OC. The molecule has 0 saturated carbocycles. The predicted molar refractivity (Wildman–Crippen MR) is 129 cm³/mol. The summed E-state index contributed by atoms with van der Waals surface area (Å²) in [6.07, 6.45) is 1.55. The third kappa shape index (κ3) is 6.61. The van der Waals surface area contributed by atoms with Crippen LogP contribution in [0.3, 0.4) is 0 Å². The third-order valence-electron chi connectivity index (χ3n) is 4.96. The minimum Gasteiger partial charge on any atom is -0.493 e. The van der Waals surface area contributed by atoms with Gasteiger partial charge in [-0.2, -0.15) is 5.10 Å². The molecule has 2 aromatic rings. The van der Waals surface area contributed by atoms with Crippen molar-refractivity contribution in [1.82, 2.24) is 10.7 Å². The lowest BCUT2D eigenvalue weighted by atomic mass is 10.0. The zero-order valence-corrected chi connectivity index (χ0v) is 20.1. The molecule has 2 amide bonds. The Morgan fingerprint density at radius 1 is 0.970 bits per heavy atom. The number of anilines is 1. The van der Waals surface area contributed by atoms with Crippen LogP contribution in [0, 0.1) is 5.92 Å². The van der Waals surface area contributed by atoms with E-state index in [2.05, 4.69) is 15.8 Å². The van der Waals surface area contributed by atoms with Crippen molar-refractivity contribution in [3.05, 3.63) is 47.5 Å². The highest BCUT2D eigenvalue weighted by Gasteiger charge is 2.26. The summed E-state index contributed by atoms with van der Waals surface area (Å²) in [7, 11) is 8.34. The molecule has 2 rings (SSSR count). The number of nitrogens with zero attached hydrogens (tertiary/aromatic N) is 2. The zero-order chi connectivity index (χ0) is 24.5. The summed E-state index contributed by atoms with van der Waals surface area (Å²) in [6.45, 7) is 3.67. The molecule has 9 nitrogen and oxygen atoms in total. The van der Waals surface area contributed by atoms with Gasteiger partial charge >= 0.3 is 0 Å². The van der Waals surface area contributed by atoms with Crippen molar-refractivity contribution in [1.29, 1.82) is 0 Å². The zero-order valence-electron chi connectivity index (χ0n) is 20.1. The monoisotopic (exact) mass is 456 g/mol. The number of carbonyl (C=O) groups excluding carboxylic acids is 2. The Hall–Kier alpha value is -3.75. The summed E-state index contributed by atoms with van der Waals surface area (Å²) in [5, 5.41) is 6.79. The summed E-state index contributed by atoms with van der Waals surface area (Å²) in [5.41, 5.74) is 4.67. The van der Waals surface area contributed by atoms with Crippen LogP contribution in [0.1, 0.15) is 29.8 Å². The maximum atomic E-state index is 12.9. The number of hydrogen-bond donors (Lipinski definition) is 2. The molecule has 0 saturated heterocycles. The largest absolute Gasteiger partial charge is 0.493 e. The van der Waals surface area contributed by atoms with Crippen molar-refractivity contribution in [2.75, 3.05) is 40.3 Å². The van der Waals surface area contributed by atoms with E-state index in [9.17, 15) is 9.59 Å².